The second-order valence-electron chi connectivity index (χ2n) is 11.5. The summed E-state index contributed by atoms with van der Waals surface area (Å²) in [4.78, 5) is 0. The molecule has 0 saturated carbocycles. The first-order valence-electron chi connectivity index (χ1n) is 15.3. The van der Waals surface area contributed by atoms with Crippen molar-refractivity contribution >= 4 is 10.8 Å². The molecule has 7 nitrogen and oxygen atoms in total. The first-order valence-corrected chi connectivity index (χ1v) is 15.3. The highest BCUT2D eigenvalue weighted by Gasteiger charge is 2.40. The van der Waals surface area contributed by atoms with Crippen LogP contribution in [0.15, 0.2) is 84.7 Å². The molecule has 1 aliphatic carbocycles. The maximum absolute atomic E-state index is 10.3. The number of piperidine rings is 1. The Bertz CT molecular complexity index is 1390. The summed E-state index contributed by atoms with van der Waals surface area (Å²) in [6, 6.07) is 20.4. The second kappa shape index (κ2) is 15.4. The lowest BCUT2D eigenvalue weighted by molar-refractivity contribution is -0.0624. The molecule has 0 spiro atoms. The zero-order valence-electron chi connectivity index (χ0n) is 25.5. The van der Waals surface area contributed by atoms with Gasteiger partial charge in [0.05, 0.1) is 46.8 Å². The van der Waals surface area contributed by atoms with E-state index in [-0.39, 0.29) is 36.4 Å². The highest BCUT2D eigenvalue weighted by molar-refractivity contribution is 5.89. The average molecular weight is 588 g/mol. The maximum Gasteiger partial charge on any atom is 0.127 e. The zero-order chi connectivity index (χ0) is 30.0. The van der Waals surface area contributed by atoms with Crippen LogP contribution in [0.5, 0.6) is 11.5 Å². The third kappa shape index (κ3) is 7.78. The Morgan fingerprint density at radius 1 is 0.907 bits per heavy atom. The van der Waals surface area contributed by atoms with Crippen LogP contribution >= 0.6 is 0 Å². The summed E-state index contributed by atoms with van der Waals surface area (Å²) in [6.07, 6.45) is 7.32. The summed E-state index contributed by atoms with van der Waals surface area (Å²) < 4.78 is 29.6. The molecule has 0 bridgehead atoms. The van der Waals surface area contributed by atoms with Crippen LogP contribution in [-0.4, -0.2) is 58.3 Å². The Kier molecular flexibility index (Phi) is 11.1. The Balaban J connectivity index is 1.15. The molecule has 1 saturated heterocycles. The van der Waals surface area contributed by atoms with Crippen molar-refractivity contribution < 1.29 is 28.8 Å². The molecule has 5 atom stereocenters. The van der Waals surface area contributed by atoms with Gasteiger partial charge in [-0.3, -0.25) is 0 Å². The molecule has 7 heteroatoms. The fraction of sp³-hybridized carbons (Fsp3) is 0.444. The van der Waals surface area contributed by atoms with Crippen molar-refractivity contribution in [2.75, 3.05) is 47.1 Å². The quantitative estimate of drug-likeness (QED) is 0.228. The SMILES string of the molecule is COc1ccccc1COCCCOC1=CC(C)C(C2C(CO)CNCC2OCc2cc(OC)c3ccccc3c2)C=C1. The van der Waals surface area contributed by atoms with E-state index in [4.69, 9.17) is 23.7 Å². The van der Waals surface area contributed by atoms with Gasteiger partial charge in [-0.25, -0.2) is 0 Å². The topological polar surface area (TPSA) is 78.4 Å². The number of aliphatic hydroxyl groups is 1. The summed E-state index contributed by atoms with van der Waals surface area (Å²) >= 11 is 0. The molecule has 1 fully saturated rings. The van der Waals surface area contributed by atoms with Crippen LogP contribution in [0.25, 0.3) is 10.8 Å². The molecule has 0 aromatic heterocycles. The predicted molar refractivity (Wildman–Crippen MR) is 169 cm³/mol. The van der Waals surface area contributed by atoms with E-state index < -0.39 is 0 Å². The molecular formula is C36H45NO6. The first-order chi connectivity index (χ1) is 21.1. The van der Waals surface area contributed by atoms with E-state index in [0.717, 1.165) is 58.7 Å². The van der Waals surface area contributed by atoms with Gasteiger partial charge < -0.3 is 34.1 Å². The molecule has 0 amide bonds. The molecule has 0 radical (unpaired) electrons. The largest absolute Gasteiger partial charge is 0.496 e. The van der Waals surface area contributed by atoms with Crippen LogP contribution in [0, 0.1) is 23.7 Å². The number of hydrogen-bond acceptors (Lipinski definition) is 7. The van der Waals surface area contributed by atoms with Crippen molar-refractivity contribution in [2.24, 2.45) is 23.7 Å². The lowest BCUT2D eigenvalue weighted by atomic mass is 9.69. The minimum Gasteiger partial charge on any atom is -0.496 e. The van der Waals surface area contributed by atoms with Crippen LogP contribution in [0.3, 0.4) is 0 Å². The number of fused-ring (bicyclic) bond motifs is 1. The van der Waals surface area contributed by atoms with Crippen molar-refractivity contribution in [3.05, 3.63) is 95.8 Å². The van der Waals surface area contributed by atoms with Gasteiger partial charge in [0, 0.05) is 43.0 Å². The standard InChI is InChI=1S/C36H45NO6/c1-25-17-30(42-16-8-15-41-24-28-10-5-7-12-33(28)39-2)13-14-31(25)36-29(22-38)20-37-21-35(36)43-23-26-18-27-9-4-6-11-32(27)34(19-26)40-3/h4-7,9-14,17-19,25,29,31,35-38H,8,15-16,20-24H2,1-3H3. The van der Waals surface area contributed by atoms with Gasteiger partial charge in [-0.2, -0.15) is 0 Å². The van der Waals surface area contributed by atoms with E-state index in [1.54, 1.807) is 14.2 Å². The van der Waals surface area contributed by atoms with Gasteiger partial charge in [-0.1, -0.05) is 55.5 Å². The van der Waals surface area contributed by atoms with Crippen molar-refractivity contribution in [3.8, 4) is 11.5 Å². The number of para-hydroxylation sites is 1. The monoisotopic (exact) mass is 587 g/mol. The number of rotatable bonds is 14. The minimum atomic E-state index is -0.0308. The lowest BCUT2D eigenvalue weighted by Crippen LogP contribution is -2.52. The van der Waals surface area contributed by atoms with Gasteiger partial charge in [-0.05, 0) is 59.1 Å². The zero-order valence-corrected chi connectivity index (χ0v) is 25.5. The highest BCUT2D eigenvalue weighted by atomic mass is 16.5. The third-order valence-electron chi connectivity index (χ3n) is 8.64. The van der Waals surface area contributed by atoms with Crippen LogP contribution in [-0.2, 0) is 27.4 Å². The molecule has 5 rings (SSSR count). The molecule has 43 heavy (non-hydrogen) atoms. The normalized spacial score (nSPS) is 23.6. The van der Waals surface area contributed by atoms with Gasteiger partial charge in [-0.15, -0.1) is 0 Å². The molecule has 1 heterocycles. The van der Waals surface area contributed by atoms with Gasteiger partial charge in [0.15, 0.2) is 0 Å². The van der Waals surface area contributed by atoms with Crippen molar-refractivity contribution in [2.45, 2.75) is 32.7 Å². The summed E-state index contributed by atoms with van der Waals surface area (Å²) in [7, 11) is 3.38. The summed E-state index contributed by atoms with van der Waals surface area (Å²) in [6.45, 7) is 6.10. The van der Waals surface area contributed by atoms with E-state index in [9.17, 15) is 5.11 Å². The Labute approximate surface area is 255 Å². The van der Waals surface area contributed by atoms with Gasteiger partial charge in [0.1, 0.15) is 17.3 Å². The second-order valence-corrected chi connectivity index (χ2v) is 11.5. The van der Waals surface area contributed by atoms with Crippen LogP contribution in [0.2, 0.25) is 0 Å². The van der Waals surface area contributed by atoms with Gasteiger partial charge in [0.2, 0.25) is 0 Å². The van der Waals surface area contributed by atoms with Crippen molar-refractivity contribution in [1.82, 2.24) is 5.32 Å². The van der Waals surface area contributed by atoms with Crippen LogP contribution in [0.1, 0.15) is 24.5 Å². The lowest BCUT2D eigenvalue weighted by Gasteiger charge is -2.43. The molecule has 1 aliphatic heterocycles. The maximum atomic E-state index is 10.3. The summed E-state index contributed by atoms with van der Waals surface area (Å²) in [5.41, 5.74) is 2.12. The van der Waals surface area contributed by atoms with E-state index in [1.165, 1.54) is 0 Å². The number of nitrogens with one attached hydrogen (secondary N) is 1. The van der Waals surface area contributed by atoms with Crippen molar-refractivity contribution in [3.63, 3.8) is 0 Å². The van der Waals surface area contributed by atoms with Gasteiger partial charge >= 0.3 is 0 Å². The molecule has 3 aromatic rings. The fourth-order valence-corrected chi connectivity index (χ4v) is 6.43. The van der Waals surface area contributed by atoms with Gasteiger partial charge in [0.25, 0.3) is 0 Å². The Morgan fingerprint density at radius 3 is 2.53 bits per heavy atom. The molecule has 2 N–H and O–H groups in total. The molecular weight excluding hydrogens is 542 g/mol. The average Bonchev–Trinajstić information content (AvgIpc) is 3.05. The fourth-order valence-electron chi connectivity index (χ4n) is 6.43. The van der Waals surface area contributed by atoms with E-state index >= 15 is 0 Å². The van der Waals surface area contributed by atoms with E-state index in [2.05, 4.69) is 54.7 Å². The molecule has 5 unspecified atom stereocenters. The third-order valence-corrected chi connectivity index (χ3v) is 8.64. The molecule has 3 aromatic carbocycles. The summed E-state index contributed by atoms with van der Waals surface area (Å²) in [5.74, 6) is 3.38. The predicted octanol–water partition coefficient (Wildman–Crippen LogP) is 5.90. The Morgan fingerprint density at radius 2 is 1.72 bits per heavy atom. The summed E-state index contributed by atoms with van der Waals surface area (Å²) in [5, 5.41) is 16.0. The smallest absolute Gasteiger partial charge is 0.127 e. The number of allylic oxidation sites excluding steroid dienone is 3. The number of aliphatic hydroxyl groups excluding tert-OH is 1. The number of methoxy groups -OCH3 is 2. The minimum absolute atomic E-state index is 0.0308. The highest BCUT2D eigenvalue weighted by Crippen LogP contribution is 2.38. The Hall–Kier alpha value is -3.36. The first kappa shape index (κ1) is 31.1. The van der Waals surface area contributed by atoms with E-state index in [1.807, 2.05) is 36.4 Å². The van der Waals surface area contributed by atoms with E-state index in [0.29, 0.717) is 26.4 Å². The number of ether oxygens (including phenoxy) is 5. The molecule has 2 aliphatic rings. The molecule has 230 valence electrons. The van der Waals surface area contributed by atoms with Crippen molar-refractivity contribution in [1.29, 1.82) is 0 Å². The van der Waals surface area contributed by atoms with Crippen LogP contribution in [0.4, 0.5) is 0 Å². The number of hydrogen-bond donors (Lipinski definition) is 2. The van der Waals surface area contributed by atoms with Crippen LogP contribution < -0.4 is 14.8 Å². The number of benzene rings is 3.